The van der Waals surface area contributed by atoms with Crippen molar-refractivity contribution in [2.75, 3.05) is 14.1 Å². The van der Waals surface area contributed by atoms with E-state index in [1.807, 2.05) is 44.7 Å². The third kappa shape index (κ3) is 5.49. The average Bonchev–Trinajstić information content (AvgIpc) is 2.85. The van der Waals surface area contributed by atoms with Crippen molar-refractivity contribution >= 4 is 41.5 Å². The van der Waals surface area contributed by atoms with Crippen LogP contribution in [0.5, 0.6) is 0 Å². The third-order valence-electron chi connectivity index (χ3n) is 3.09. The number of hydrogen-bond donors (Lipinski definition) is 1. The predicted octanol–water partition coefficient (Wildman–Crippen LogP) is 2.90. The number of hydrogen-bond acceptors (Lipinski definition) is 2. The standard InChI is InChI=1S/C15H20ClN5.HI/c1-17-15(18-8-13-9-19-21(3)11-13)20(2)10-12-5-4-6-14(16)7-12;/h4-7,9,11H,8,10H2,1-3H3,(H,17,18);1H. The molecular formula is C15H21ClIN5. The maximum absolute atomic E-state index is 6.01. The van der Waals surface area contributed by atoms with Gasteiger partial charge in [-0.25, -0.2) is 0 Å². The lowest BCUT2D eigenvalue weighted by Gasteiger charge is -2.22. The summed E-state index contributed by atoms with van der Waals surface area (Å²) in [5.41, 5.74) is 2.27. The van der Waals surface area contributed by atoms with Crippen LogP contribution in [0.1, 0.15) is 11.1 Å². The van der Waals surface area contributed by atoms with Crippen LogP contribution in [-0.2, 0) is 20.1 Å². The molecule has 0 spiro atoms. The Labute approximate surface area is 153 Å². The van der Waals surface area contributed by atoms with Gasteiger partial charge in [0.1, 0.15) is 0 Å². The molecule has 120 valence electrons. The lowest BCUT2D eigenvalue weighted by atomic mass is 10.2. The first-order valence-corrected chi connectivity index (χ1v) is 7.10. The summed E-state index contributed by atoms with van der Waals surface area (Å²) in [6.07, 6.45) is 3.83. The highest BCUT2D eigenvalue weighted by Gasteiger charge is 2.07. The van der Waals surface area contributed by atoms with Gasteiger partial charge in [-0.05, 0) is 17.7 Å². The van der Waals surface area contributed by atoms with E-state index in [1.54, 1.807) is 11.7 Å². The maximum Gasteiger partial charge on any atom is 0.193 e. The minimum atomic E-state index is 0. The second kappa shape index (κ2) is 8.99. The van der Waals surface area contributed by atoms with Gasteiger partial charge in [0, 0.05) is 51.0 Å². The van der Waals surface area contributed by atoms with Crippen LogP contribution in [0.25, 0.3) is 0 Å². The van der Waals surface area contributed by atoms with Gasteiger partial charge in [0.15, 0.2) is 5.96 Å². The molecule has 22 heavy (non-hydrogen) atoms. The van der Waals surface area contributed by atoms with Crippen LogP contribution < -0.4 is 5.32 Å². The maximum atomic E-state index is 6.01. The summed E-state index contributed by atoms with van der Waals surface area (Å²) in [5.74, 6) is 0.832. The van der Waals surface area contributed by atoms with Gasteiger partial charge in [-0.2, -0.15) is 5.10 Å². The minimum absolute atomic E-state index is 0. The highest BCUT2D eigenvalue weighted by Crippen LogP contribution is 2.12. The fraction of sp³-hybridized carbons (Fsp3) is 0.333. The summed E-state index contributed by atoms with van der Waals surface area (Å²) in [7, 11) is 5.68. The topological polar surface area (TPSA) is 45.5 Å². The molecule has 0 bridgehead atoms. The highest BCUT2D eigenvalue weighted by molar-refractivity contribution is 14.0. The zero-order valence-electron chi connectivity index (χ0n) is 13.0. The second-order valence-corrected chi connectivity index (χ2v) is 5.35. The number of halogens is 2. The van der Waals surface area contributed by atoms with E-state index < -0.39 is 0 Å². The Morgan fingerprint density at radius 3 is 2.77 bits per heavy atom. The number of aromatic nitrogens is 2. The Kier molecular flexibility index (Phi) is 7.67. The molecule has 0 radical (unpaired) electrons. The molecule has 0 aliphatic heterocycles. The lowest BCUT2D eigenvalue weighted by molar-refractivity contribution is 0.476. The van der Waals surface area contributed by atoms with Crippen molar-refractivity contribution in [2.45, 2.75) is 13.1 Å². The quantitative estimate of drug-likeness (QED) is 0.458. The second-order valence-electron chi connectivity index (χ2n) is 4.91. The van der Waals surface area contributed by atoms with Gasteiger partial charge in [-0.3, -0.25) is 9.67 Å². The van der Waals surface area contributed by atoms with Crippen LogP contribution in [0.2, 0.25) is 5.02 Å². The van der Waals surface area contributed by atoms with Crippen LogP contribution in [0.4, 0.5) is 0 Å². The Morgan fingerprint density at radius 1 is 1.41 bits per heavy atom. The molecule has 2 aromatic rings. The van der Waals surface area contributed by atoms with Crippen LogP contribution in [0, 0.1) is 0 Å². The van der Waals surface area contributed by atoms with Gasteiger partial charge in [-0.1, -0.05) is 23.7 Å². The summed E-state index contributed by atoms with van der Waals surface area (Å²) in [4.78, 5) is 6.36. The van der Waals surface area contributed by atoms with E-state index in [2.05, 4.69) is 26.4 Å². The summed E-state index contributed by atoms with van der Waals surface area (Å²) in [6.45, 7) is 1.44. The first-order chi connectivity index (χ1) is 10.1. The molecule has 0 saturated carbocycles. The van der Waals surface area contributed by atoms with Gasteiger partial charge >= 0.3 is 0 Å². The fourth-order valence-electron chi connectivity index (χ4n) is 2.11. The molecule has 0 amide bonds. The lowest BCUT2D eigenvalue weighted by Crippen LogP contribution is -2.37. The molecule has 1 aromatic heterocycles. The number of nitrogens with one attached hydrogen (secondary N) is 1. The molecule has 1 heterocycles. The van der Waals surface area contributed by atoms with E-state index in [0.717, 1.165) is 28.7 Å². The minimum Gasteiger partial charge on any atom is -0.352 e. The summed E-state index contributed by atoms with van der Waals surface area (Å²) in [5, 5.41) is 8.22. The predicted molar refractivity (Wildman–Crippen MR) is 102 cm³/mol. The van der Waals surface area contributed by atoms with Crippen molar-refractivity contribution in [3.05, 3.63) is 52.8 Å². The van der Waals surface area contributed by atoms with Gasteiger partial charge in [-0.15, -0.1) is 24.0 Å². The highest BCUT2D eigenvalue weighted by atomic mass is 127. The van der Waals surface area contributed by atoms with E-state index in [4.69, 9.17) is 11.6 Å². The molecule has 5 nitrogen and oxygen atoms in total. The normalized spacial score (nSPS) is 11.0. The summed E-state index contributed by atoms with van der Waals surface area (Å²) in [6, 6.07) is 7.85. The first kappa shape index (κ1) is 18.8. The van der Waals surface area contributed by atoms with Crippen molar-refractivity contribution in [1.29, 1.82) is 0 Å². The van der Waals surface area contributed by atoms with E-state index >= 15 is 0 Å². The molecule has 0 atom stereocenters. The number of guanidine groups is 1. The van der Waals surface area contributed by atoms with Crippen molar-refractivity contribution in [3.63, 3.8) is 0 Å². The third-order valence-corrected chi connectivity index (χ3v) is 3.33. The van der Waals surface area contributed by atoms with Crippen LogP contribution in [0.15, 0.2) is 41.7 Å². The van der Waals surface area contributed by atoms with Crippen molar-refractivity contribution in [3.8, 4) is 0 Å². The van der Waals surface area contributed by atoms with E-state index in [0.29, 0.717) is 6.54 Å². The molecule has 0 fully saturated rings. The van der Waals surface area contributed by atoms with Gasteiger partial charge < -0.3 is 10.2 Å². The number of aryl methyl sites for hydroxylation is 1. The smallest absolute Gasteiger partial charge is 0.193 e. The zero-order chi connectivity index (χ0) is 15.2. The van der Waals surface area contributed by atoms with Crippen LogP contribution in [-0.4, -0.2) is 34.7 Å². The first-order valence-electron chi connectivity index (χ1n) is 6.72. The molecule has 1 N–H and O–H groups in total. The Hall–Kier alpha value is -1.28. The van der Waals surface area contributed by atoms with Crippen molar-refractivity contribution in [1.82, 2.24) is 20.0 Å². The average molecular weight is 434 g/mol. The molecule has 0 aliphatic carbocycles. The molecule has 2 rings (SSSR count). The molecular weight excluding hydrogens is 413 g/mol. The zero-order valence-corrected chi connectivity index (χ0v) is 16.0. The number of benzene rings is 1. The monoisotopic (exact) mass is 433 g/mol. The summed E-state index contributed by atoms with van der Waals surface area (Å²) >= 11 is 6.01. The SMILES string of the molecule is CN=C(NCc1cnn(C)c1)N(C)Cc1cccc(Cl)c1.I. The van der Waals surface area contributed by atoms with E-state index in [-0.39, 0.29) is 24.0 Å². The van der Waals surface area contributed by atoms with Gasteiger partial charge in [0.05, 0.1) is 6.20 Å². The molecule has 0 unspecified atom stereocenters. The molecule has 0 aliphatic rings. The molecule has 0 saturated heterocycles. The largest absolute Gasteiger partial charge is 0.352 e. The van der Waals surface area contributed by atoms with Gasteiger partial charge in [0.25, 0.3) is 0 Å². The molecule has 7 heteroatoms. The van der Waals surface area contributed by atoms with E-state index in [9.17, 15) is 0 Å². The van der Waals surface area contributed by atoms with Crippen molar-refractivity contribution < 1.29 is 0 Å². The summed E-state index contributed by atoms with van der Waals surface area (Å²) < 4.78 is 1.79. The van der Waals surface area contributed by atoms with Crippen LogP contribution >= 0.6 is 35.6 Å². The van der Waals surface area contributed by atoms with Crippen LogP contribution in [0.3, 0.4) is 0 Å². The number of nitrogens with zero attached hydrogens (tertiary/aromatic N) is 4. The molecule has 1 aromatic carbocycles. The number of aliphatic imine (C=N–C) groups is 1. The van der Waals surface area contributed by atoms with Crippen molar-refractivity contribution in [2.24, 2.45) is 12.0 Å². The van der Waals surface area contributed by atoms with E-state index in [1.165, 1.54) is 0 Å². The van der Waals surface area contributed by atoms with Gasteiger partial charge in [0.2, 0.25) is 0 Å². The Morgan fingerprint density at radius 2 is 2.18 bits per heavy atom. The Balaban J connectivity index is 0.00000242. The Bertz CT molecular complexity index is 626. The fourth-order valence-corrected chi connectivity index (χ4v) is 2.33. The number of rotatable bonds is 4.